The Hall–Kier alpha value is -1.35. The summed E-state index contributed by atoms with van der Waals surface area (Å²) in [6, 6.07) is 4.70. The lowest BCUT2D eigenvalue weighted by Crippen LogP contribution is -1.98. The van der Waals surface area contributed by atoms with Crippen molar-refractivity contribution < 1.29 is 15.0 Å². The molecule has 0 heterocycles. The molecule has 0 aromatic heterocycles. The third-order valence-electron chi connectivity index (χ3n) is 1.77. The van der Waals surface area contributed by atoms with E-state index in [1.165, 1.54) is 12.1 Å². The minimum Gasteiger partial charge on any atom is -0.478 e. The molecule has 12 heavy (non-hydrogen) atoms. The predicted octanol–water partition coefficient (Wildman–Crippen LogP) is 1.19. The maximum atomic E-state index is 10.5. The van der Waals surface area contributed by atoms with Crippen LogP contribution in [0.1, 0.15) is 21.5 Å². The van der Waals surface area contributed by atoms with Gasteiger partial charge >= 0.3 is 5.97 Å². The molecule has 1 aromatic carbocycles. The number of rotatable bonds is 2. The number of benzene rings is 1. The number of hydrogen-bond donors (Lipinski definition) is 2. The number of aliphatic hydroxyl groups is 1. The van der Waals surface area contributed by atoms with Crippen LogP contribution in [0, 0.1) is 6.92 Å². The maximum absolute atomic E-state index is 10.5. The molecule has 0 saturated carbocycles. The van der Waals surface area contributed by atoms with E-state index >= 15 is 0 Å². The predicted molar refractivity (Wildman–Crippen MR) is 44.1 cm³/mol. The van der Waals surface area contributed by atoms with Gasteiger partial charge in [-0.15, -0.1) is 0 Å². The van der Waals surface area contributed by atoms with Gasteiger partial charge in [0.15, 0.2) is 0 Å². The molecule has 2 N–H and O–H groups in total. The Morgan fingerprint density at radius 2 is 2.17 bits per heavy atom. The number of aromatic carboxylic acids is 1. The molecule has 0 unspecified atom stereocenters. The van der Waals surface area contributed by atoms with Crippen LogP contribution in [0.5, 0.6) is 0 Å². The third kappa shape index (κ3) is 1.62. The summed E-state index contributed by atoms with van der Waals surface area (Å²) < 4.78 is 0. The maximum Gasteiger partial charge on any atom is 0.335 e. The summed E-state index contributed by atoms with van der Waals surface area (Å²) >= 11 is 0. The first-order chi connectivity index (χ1) is 5.65. The van der Waals surface area contributed by atoms with Gasteiger partial charge in [0.25, 0.3) is 0 Å². The van der Waals surface area contributed by atoms with Gasteiger partial charge in [-0.2, -0.15) is 0 Å². The van der Waals surface area contributed by atoms with E-state index in [0.29, 0.717) is 5.56 Å². The molecule has 0 saturated heterocycles. The molecule has 3 nitrogen and oxygen atoms in total. The van der Waals surface area contributed by atoms with Crippen molar-refractivity contribution in [2.45, 2.75) is 13.5 Å². The second-order valence-electron chi connectivity index (χ2n) is 2.60. The topological polar surface area (TPSA) is 57.5 Å². The monoisotopic (exact) mass is 166 g/mol. The molecule has 0 fully saturated rings. The van der Waals surface area contributed by atoms with Crippen molar-refractivity contribution in [3.05, 3.63) is 34.9 Å². The molecule has 0 radical (unpaired) electrons. The quantitative estimate of drug-likeness (QED) is 0.693. The van der Waals surface area contributed by atoms with E-state index in [9.17, 15) is 4.79 Å². The lowest BCUT2D eigenvalue weighted by atomic mass is 10.1. The van der Waals surface area contributed by atoms with E-state index in [-0.39, 0.29) is 12.2 Å². The smallest absolute Gasteiger partial charge is 0.335 e. The number of carboxylic acids is 1. The third-order valence-corrected chi connectivity index (χ3v) is 1.77. The van der Waals surface area contributed by atoms with Gasteiger partial charge in [0.05, 0.1) is 12.2 Å². The Morgan fingerprint density at radius 3 is 2.67 bits per heavy atom. The molecule has 1 aromatic rings. The van der Waals surface area contributed by atoms with Crippen LogP contribution in [0.4, 0.5) is 0 Å². The van der Waals surface area contributed by atoms with Gasteiger partial charge in [-0.1, -0.05) is 6.07 Å². The normalized spacial score (nSPS) is 9.83. The molecule has 64 valence electrons. The first-order valence-electron chi connectivity index (χ1n) is 3.59. The van der Waals surface area contributed by atoms with Crippen LogP contribution >= 0.6 is 0 Å². The molecule has 0 spiro atoms. The molecule has 1 rings (SSSR count). The van der Waals surface area contributed by atoms with E-state index in [4.69, 9.17) is 10.2 Å². The van der Waals surface area contributed by atoms with Gasteiger partial charge in [0.1, 0.15) is 0 Å². The summed E-state index contributed by atoms with van der Waals surface area (Å²) in [5.41, 5.74) is 1.78. The second-order valence-corrected chi connectivity index (χ2v) is 2.60. The lowest BCUT2D eigenvalue weighted by molar-refractivity contribution is 0.0696. The second kappa shape index (κ2) is 3.36. The number of carboxylic acid groups (broad SMARTS) is 1. The van der Waals surface area contributed by atoms with Crippen molar-refractivity contribution in [2.24, 2.45) is 0 Å². The van der Waals surface area contributed by atoms with E-state index in [1.807, 2.05) is 6.92 Å². The molecule has 0 atom stereocenters. The summed E-state index contributed by atoms with van der Waals surface area (Å²) in [6.07, 6.45) is 0. The van der Waals surface area contributed by atoms with Crippen molar-refractivity contribution in [3.63, 3.8) is 0 Å². The average Bonchev–Trinajstić information content (AvgIpc) is 2.05. The van der Waals surface area contributed by atoms with Crippen molar-refractivity contribution in [3.8, 4) is 0 Å². The zero-order chi connectivity index (χ0) is 9.14. The summed E-state index contributed by atoms with van der Waals surface area (Å²) in [5.74, 6) is -0.968. The van der Waals surface area contributed by atoms with Crippen molar-refractivity contribution >= 4 is 5.97 Å². The van der Waals surface area contributed by atoms with E-state index < -0.39 is 5.97 Å². The standard InChI is InChI=1S/C9H10O3/c1-6-2-3-7(9(11)12)4-8(6)5-10/h2-4,10H,5H2,1H3,(H,11,12). The van der Waals surface area contributed by atoms with E-state index in [2.05, 4.69) is 0 Å². The molecule has 0 bridgehead atoms. The van der Waals surface area contributed by atoms with Crippen molar-refractivity contribution in [1.29, 1.82) is 0 Å². The molecule has 0 aliphatic heterocycles. The fourth-order valence-corrected chi connectivity index (χ4v) is 0.975. The molecule has 0 amide bonds. The minimum absolute atomic E-state index is 0.118. The number of aliphatic hydroxyl groups excluding tert-OH is 1. The lowest BCUT2D eigenvalue weighted by Gasteiger charge is -2.02. The Bertz CT molecular complexity index is 305. The highest BCUT2D eigenvalue weighted by Crippen LogP contribution is 2.10. The first-order valence-corrected chi connectivity index (χ1v) is 3.59. The summed E-state index contributed by atoms with van der Waals surface area (Å²) in [5, 5.41) is 17.4. The van der Waals surface area contributed by atoms with E-state index in [1.54, 1.807) is 6.07 Å². The largest absolute Gasteiger partial charge is 0.478 e. The summed E-state index contributed by atoms with van der Waals surface area (Å²) in [4.78, 5) is 10.5. The van der Waals surface area contributed by atoms with Gasteiger partial charge < -0.3 is 10.2 Å². The highest BCUT2D eigenvalue weighted by Gasteiger charge is 2.04. The fourth-order valence-electron chi connectivity index (χ4n) is 0.975. The molecule has 0 aliphatic carbocycles. The van der Waals surface area contributed by atoms with Crippen LogP contribution in [0.3, 0.4) is 0 Å². The summed E-state index contributed by atoms with van der Waals surface area (Å²) in [7, 11) is 0. The number of carbonyl (C=O) groups is 1. The van der Waals surface area contributed by atoms with Crippen LogP contribution in [0.25, 0.3) is 0 Å². The fraction of sp³-hybridized carbons (Fsp3) is 0.222. The van der Waals surface area contributed by atoms with Crippen LogP contribution in [-0.2, 0) is 6.61 Å². The first kappa shape index (κ1) is 8.74. The van der Waals surface area contributed by atoms with Crippen LogP contribution in [-0.4, -0.2) is 16.2 Å². The van der Waals surface area contributed by atoms with Crippen LogP contribution < -0.4 is 0 Å². The molecule has 3 heteroatoms. The van der Waals surface area contributed by atoms with E-state index in [0.717, 1.165) is 5.56 Å². The Morgan fingerprint density at radius 1 is 1.50 bits per heavy atom. The zero-order valence-electron chi connectivity index (χ0n) is 6.74. The van der Waals surface area contributed by atoms with Gasteiger partial charge in [-0.25, -0.2) is 4.79 Å². The number of hydrogen-bond acceptors (Lipinski definition) is 2. The SMILES string of the molecule is Cc1ccc(C(=O)O)cc1CO. The Kier molecular flexibility index (Phi) is 2.45. The van der Waals surface area contributed by atoms with Crippen LogP contribution in [0.15, 0.2) is 18.2 Å². The zero-order valence-corrected chi connectivity index (χ0v) is 6.74. The Labute approximate surface area is 70.3 Å². The number of aryl methyl sites for hydroxylation is 1. The van der Waals surface area contributed by atoms with Crippen LogP contribution in [0.2, 0.25) is 0 Å². The van der Waals surface area contributed by atoms with Gasteiger partial charge in [-0.05, 0) is 30.2 Å². The molecule has 0 aliphatic rings. The van der Waals surface area contributed by atoms with Crippen molar-refractivity contribution in [2.75, 3.05) is 0 Å². The summed E-state index contributed by atoms with van der Waals surface area (Å²) in [6.45, 7) is 1.71. The highest BCUT2D eigenvalue weighted by atomic mass is 16.4. The van der Waals surface area contributed by atoms with Crippen molar-refractivity contribution in [1.82, 2.24) is 0 Å². The molecular weight excluding hydrogens is 156 g/mol. The highest BCUT2D eigenvalue weighted by molar-refractivity contribution is 5.87. The van der Waals surface area contributed by atoms with Gasteiger partial charge in [0, 0.05) is 0 Å². The molecular formula is C9H10O3. The van der Waals surface area contributed by atoms with Gasteiger partial charge in [-0.3, -0.25) is 0 Å². The Balaban J connectivity index is 3.13. The van der Waals surface area contributed by atoms with Gasteiger partial charge in [0.2, 0.25) is 0 Å². The average molecular weight is 166 g/mol. The minimum atomic E-state index is -0.968.